The Kier molecular flexibility index (Phi) is 18.1. The summed E-state index contributed by atoms with van der Waals surface area (Å²) in [6.45, 7) is -0.405. The summed E-state index contributed by atoms with van der Waals surface area (Å²) < 4.78 is 177. The molecule has 4 aromatic carbocycles. The number of rotatable bonds is 18. The van der Waals surface area contributed by atoms with Gasteiger partial charge in [-0.2, -0.15) is 52.7 Å². The molecule has 368 valence electrons. The van der Waals surface area contributed by atoms with E-state index in [1.165, 1.54) is 67.6 Å². The van der Waals surface area contributed by atoms with Crippen molar-refractivity contribution in [2.75, 3.05) is 0 Å². The summed E-state index contributed by atoms with van der Waals surface area (Å²) in [5, 5.41) is 58.1. The molecule has 0 atom stereocenters. The van der Waals surface area contributed by atoms with Crippen molar-refractivity contribution in [3.63, 3.8) is 0 Å². The monoisotopic (exact) mass is 976 g/mol. The van der Waals surface area contributed by atoms with Crippen LogP contribution < -0.4 is 9.47 Å². The third kappa shape index (κ3) is 13.2. The van der Waals surface area contributed by atoms with Gasteiger partial charge in [-0.05, 0) is 123 Å². The smallest absolute Gasteiger partial charge is 0.438 e. The molecule has 0 aromatic heterocycles. The number of benzene rings is 4. The fourth-order valence-corrected chi connectivity index (χ4v) is 6.62. The molecule has 4 rings (SSSR count). The van der Waals surface area contributed by atoms with Crippen LogP contribution in [0.1, 0.15) is 70.7 Å². The van der Waals surface area contributed by atoms with Crippen molar-refractivity contribution in [3.05, 3.63) is 153 Å². The second-order valence-electron chi connectivity index (χ2n) is 15.1. The zero-order chi connectivity index (χ0) is 50.7. The maximum Gasteiger partial charge on any atom is 0.438 e. The Morgan fingerprint density at radius 3 is 1.44 bits per heavy atom. The molecule has 0 spiro atoms. The molecule has 8 nitrogen and oxygen atoms in total. The maximum absolute atomic E-state index is 13.9. The molecule has 0 unspecified atom stereocenters. The van der Waals surface area contributed by atoms with E-state index in [2.05, 4.69) is 0 Å². The van der Waals surface area contributed by atoms with Crippen LogP contribution in [-0.4, -0.2) is 66.5 Å². The molecule has 4 aromatic rings. The quantitative estimate of drug-likeness (QED) is 0.0329. The summed E-state index contributed by atoms with van der Waals surface area (Å²) in [6.07, 6.45) is -26.3. The van der Waals surface area contributed by atoms with Crippen molar-refractivity contribution in [1.29, 1.82) is 0 Å². The Labute approximate surface area is 381 Å². The van der Waals surface area contributed by atoms with E-state index in [0.29, 0.717) is 39.5 Å². The van der Waals surface area contributed by atoms with Crippen molar-refractivity contribution < 1.29 is 92.8 Å². The number of allylic oxidation sites excluding steroid dienone is 5. The van der Waals surface area contributed by atoms with E-state index in [9.17, 15) is 83.3 Å². The number of alkyl halides is 12. The second kappa shape index (κ2) is 22.5. The highest BCUT2D eigenvalue weighted by Gasteiger charge is 2.70. The Morgan fingerprint density at radius 2 is 1.01 bits per heavy atom. The summed E-state index contributed by atoms with van der Waals surface area (Å²) in [6, 6.07) is 20.3. The van der Waals surface area contributed by atoms with E-state index in [1.807, 2.05) is 5.92 Å². The standard InChI is InChI=1S/C48H44F12O8/c1-2-42(35-7-4-10-41(23-35)68-29-31-12-14-37(25-62)39(21-31)27-64)33(17-19-44(66,47(55,56)57)48(58,59)60)16-15-32(8-5-18-43(65,45(49,50)51)46(52,53)54)34-6-3-9-40(22-34)67-28-30-11-13-36(24-61)38(20-30)26-63/h3-14,18,20-23,61-66H,2,15-16,24-29H2,1H3/b18-5?,32-8?,42-33+. The number of hydrogen-bond acceptors (Lipinski definition) is 8. The molecule has 0 bridgehead atoms. The van der Waals surface area contributed by atoms with Gasteiger partial charge in [0.1, 0.15) is 24.7 Å². The minimum atomic E-state index is -6.38. The molecule has 0 aliphatic carbocycles. The van der Waals surface area contributed by atoms with Crippen LogP contribution in [0.15, 0.2) is 109 Å². The fraction of sp³-hybridized carbons (Fsp3) is 0.333. The topological polar surface area (TPSA) is 140 Å². The lowest BCUT2D eigenvalue weighted by atomic mass is 9.90. The van der Waals surface area contributed by atoms with Crippen LogP contribution in [0.2, 0.25) is 0 Å². The maximum atomic E-state index is 13.9. The third-order valence-corrected chi connectivity index (χ3v) is 10.5. The normalized spacial score (nSPS) is 13.6. The predicted octanol–water partition coefficient (Wildman–Crippen LogP) is 10.1. The SMILES string of the molecule is CC/C(=C(\C#CC(O)(C(F)(F)F)C(F)(F)F)CCC(=CC=CC(O)(C(F)(F)F)C(F)(F)F)c1cccc(OCc2ccc(CO)c(CO)c2)c1)c1cccc(OCc2ccc(CO)c(CO)c2)c1. The number of aliphatic hydroxyl groups is 6. The zero-order valence-corrected chi connectivity index (χ0v) is 35.7. The Bertz CT molecular complexity index is 2480. The van der Waals surface area contributed by atoms with Crippen molar-refractivity contribution in [2.45, 2.75) is 102 Å². The molecule has 20 heteroatoms. The molecular formula is C48H44F12O8. The number of ether oxygens (including phenoxy) is 2. The van der Waals surface area contributed by atoms with Crippen molar-refractivity contribution >= 4 is 11.1 Å². The van der Waals surface area contributed by atoms with Gasteiger partial charge in [-0.3, -0.25) is 0 Å². The van der Waals surface area contributed by atoms with Crippen molar-refractivity contribution in [3.8, 4) is 23.3 Å². The van der Waals surface area contributed by atoms with Gasteiger partial charge in [0.05, 0.1) is 26.4 Å². The lowest BCUT2D eigenvalue weighted by Crippen LogP contribution is -2.55. The summed E-state index contributed by atoms with van der Waals surface area (Å²) in [5.41, 5.74) is -8.73. The average Bonchev–Trinajstić information content (AvgIpc) is 3.28. The highest BCUT2D eigenvalue weighted by atomic mass is 19.4. The van der Waals surface area contributed by atoms with Crippen molar-refractivity contribution in [1.82, 2.24) is 0 Å². The molecule has 68 heavy (non-hydrogen) atoms. The lowest BCUT2D eigenvalue weighted by Gasteiger charge is -2.29. The number of aliphatic hydroxyl groups excluding tert-OH is 4. The largest absolute Gasteiger partial charge is 0.489 e. The first-order chi connectivity index (χ1) is 31.7. The minimum absolute atomic E-state index is 0.00512. The predicted molar refractivity (Wildman–Crippen MR) is 224 cm³/mol. The highest BCUT2D eigenvalue weighted by Crippen LogP contribution is 2.45. The summed E-state index contributed by atoms with van der Waals surface area (Å²) in [7, 11) is 0. The van der Waals surface area contributed by atoms with Crippen LogP contribution in [-0.2, 0) is 39.6 Å². The first kappa shape index (κ1) is 54.8. The van der Waals surface area contributed by atoms with Crippen LogP contribution >= 0.6 is 0 Å². The van der Waals surface area contributed by atoms with Gasteiger partial charge < -0.3 is 40.1 Å². The Hall–Kier alpha value is -5.82. The summed E-state index contributed by atoms with van der Waals surface area (Å²) in [5.74, 6) is 2.93. The molecule has 0 heterocycles. The molecule has 0 saturated carbocycles. The molecule has 0 radical (unpaired) electrons. The molecule has 6 N–H and O–H groups in total. The van der Waals surface area contributed by atoms with E-state index >= 15 is 0 Å². The molecule has 0 aliphatic heterocycles. The Balaban J connectivity index is 1.86. The first-order valence-corrected chi connectivity index (χ1v) is 20.2. The van der Waals surface area contributed by atoms with E-state index in [0.717, 1.165) is 5.92 Å². The van der Waals surface area contributed by atoms with Gasteiger partial charge in [-0.1, -0.05) is 73.5 Å². The van der Waals surface area contributed by atoms with Gasteiger partial charge >= 0.3 is 30.3 Å². The second-order valence-corrected chi connectivity index (χ2v) is 15.1. The van der Waals surface area contributed by atoms with E-state index in [1.54, 1.807) is 24.3 Å². The van der Waals surface area contributed by atoms with Gasteiger partial charge in [-0.15, -0.1) is 0 Å². The van der Waals surface area contributed by atoms with Gasteiger partial charge in [0.25, 0.3) is 5.60 Å². The van der Waals surface area contributed by atoms with Gasteiger partial charge in [-0.25, -0.2) is 0 Å². The molecule has 0 amide bonds. The van der Waals surface area contributed by atoms with E-state index < -0.39 is 73.6 Å². The van der Waals surface area contributed by atoms with Crippen LogP contribution in [0.5, 0.6) is 11.5 Å². The molecule has 0 aliphatic rings. The Morgan fingerprint density at radius 1 is 0.559 bits per heavy atom. The number of hydrogen-bond donors (Lipinski definition) is 6. The third-order valence-electron chi connectivity index (χ3n) is 10.5. The van der Waals surface area contributed by atoms with Gasteiger partial charge in [0, 0.05) is 5.57 Å². The van der Waals surface area contributed by atoms with E-state index in [4.69, 9.17) is 9.47 Å². The fourth-order valence-electron chi connectivity index (χ4n) is 6.62. The lowest BCUT2D eigenvalue weighted by molar-refractivity contribution is -0.347. The van der Waals surface area contributed by atoms with Crippen LogP contribution in [0.4, 0.5) is 52.7 Å². The molecule has 0 fully saturated rings. The van der Waals surface area contributed by atoms with Gasteiger partial charge in [0.2, 0.25) is 0 Å². The molecule has 0 saturated heterocycles. The van der Waals surface area contributed by atoms with Crippen LogP contribution in [0, 0.1) is 11.8 Å². The average molecular weight is 977 g/mol. The van der Waals surface area contributed by atoms with Crippen LogP contribution in [0.25, 0.3) is 11.1 Å². The minimum Gasteiger partial charge on any atom is -0.489 e. The summed E-state index contributed by atoms with van der Waals surface area (Å²) >= 11 is 0. The van der Waals surface area contributed by atoms with Crippen molar-refractivity contribution in [2.24, 2.45) is 0 Å². The first-order valence-electron chi connectivity index (χ1n) is 20.2. The zero-order valence-electron chi connectivity index (χ0n) is 35.7. The van der Waals surface area contributed by atoms with E-state index in [-0.39, 0.29) is 72.7 Å². The summed E-state index contributed by atoms with van der Waals surface area (Å²) in [4.78, 5) is 0. The number of halogens is 12. The van der Waals surface area contributed by atoms with Gasteiger partial charge in [0.15, 0.2) is 0 Å². The molecular weight excluding hydrogens is 932 g/mol. The highest BCUT2D eigenvalue weighted by molar-refractivity contribution is 5.75. The van der Waals surface area contributed by atoms with Crippen LogP contribution in [0.3, 0.4) is 0 Å².